The van der Waals surface area contributed by atoms with Gasteiger partial charge in [0.25, 0.3) is 0 Å². The second-order valence-electron chi connectivity index (χ2n) is 14.3. The number of esters is 1. The van der Waals surface area contributed by atoms with Crippen LogP contribution in [0.3, 0.4) is 0 Å². The van der Waals surface area contributed by atoms with Crippen molar-refractivity contribution in [3.05, 3.63) is 12.2 Å². The second-order valence-corrected chi connectivity index (χ2v) is 19.1. The van der Waals surface area contributed by atoms with Gasteiger partial charge in [0.1, 0.15) is 6.10 Å². The molecule has 0 spiro atoms. The number of rotatable bonds is 15. The number of carbonyl (C=O) groups excluding carboxylic acids is 1. The van der Waals surface area contributed by atoms with Gasteiger partial charge in [0.05, 0.1) is 42.7 Å². The normalized spacial score (nSPS) is 33.6. The predicted octanol–water partition coefficient (Wildman–Crippen LogP) is 8.03. The highest BCUT2D eigenvalue weighted by molar-refractivity contribution is 6.74. The van der Waals surface area contributed by atoms with Crippen LogP contribution in [0.25, 0.3) is 0 Å². The van der Waals surface area contributed by atoms with Crippen LogP contribution in [0.5, 0.6) is 0 Å². The fourth-order valence-corrected chi connectivity index (χ4v) is 8.00. The van der Waals surface area contributed by atoms with Gasteiger partial charge in [-0.15, -0.1) is 0 Å². The number of ether oxygens (including phenoxy) is 4. The third kappa shape index (κ3) is 8.65. The van der Waals surface area contributed by atoms with Gasteiger partial charge in [-0.1, -0.05) is 79.1 Å². The Labute approximate surface area is 245 Å². The largest absolute Gasteiger partial charge is 0.452 e. The molecule has 3 saturated heterocycles. The van der Waals surface area contributed by atoms with Crippen molar-refractivity contribution < 1.29 is 28.2 Å². The minimum absolute atomic E-state index is 0.0490. The molecule has 0 aliphatic carbocycles. The van der Waals surface area contributed by atoms with Gasteiger partial charge >= 0.3 is 5.97 Å². The SMILES string of the molecule is CCCCCCCCCC[C@H](O[Si](C)(C)C(C)(C)C)[C@@H]1CC[C@@H]([C@@H]2CC[C@@H]([C@H]3CC[C@H]([C@@H]4C=CC(=O)O4)O3)O2)O1. The Morgan fingerprint density at radius 3 is 1.90 bits per heavy atom. The number of unbranched alkanes of at least 4 members (excludes halogenated alkanes) is 7. The fraction of sp³-hybridized carbons (Fsp3) is 0.909. The minimum atomic E-state index is -1.89. The first-order chi connectivity index (χ1) is 19.1. The van der Waals surface area contributed by atoms with Crippen LogP contribution in [-0.2, 0) is 28.2 Å². The summed E-state index contributed by atoms with van der Waals surface area (Å²) in [5, 5.41) is 0.191. The summed E-state index contributed by atoms with van der Waals surface area (Å²) in [5.74, 6) is -0.264. The topological polar surface area (TPSA) is 63.2 Å². The molecule has 0 radical (unpaired) electrons. The van der Waals surface area contributed by atoms with Crippen LogP contribution in [0.1, 0.15) is 124 Å². The first kappa shape index (κ1) is 32.2. The zero-order chi connectivity index (χ0) is 28.8. The molecule has 7 heteroatoms. The number of hydrogen-bond acceptors (Lipinski definition) is 6. The molecule has 0 bridgehead atoms. The molecule has 4 aliphatic rings. The van der Waals surface area contributed by atoms with Crippen molar-refractivity contribution >= 4 is 14.3 Å². The summed E-state index contributed by atoms with van der Waals surface area (Å²) in [6.07, 6.45) is 21.7. The van der Waals surface area contributed by atoms with Crippen molar-refractivity contribution in [1.82, 2.24) is 0 Å². The molecule has 0 unspecified atom stereocenters. The summed E-state index contributed by atoms with van der Waals surface area (Å²) in [5.41, 5.74) is 0. The zero-order valence-corrected chi connectivity index (χ0v) is 27.3. The van der Waals surface area contributed by atoms with E-state index >= 15 is 0 Å². The van der Waals surface area contributed by atoms with Crippen molar-refractivity contribution in [3.8, 4) is 0 Å². The average Bonchev–Trinajstić information content (AvgIpc) is 3.70. The van der Waals surface area contributed by atoms with Gasteiger partial charge in [-0.25, -0.2) is 4.79 Å². The summed E-state index contributed by atoms with van der Waals surface area (Å²) < 4.78 is 32.1. The molecule has 4 heterocycles. The number of hydrogen-bond donors (Lipinski definition) is 0. The first-order valence-electron chi connectivity index (χ1n) is 16.6. The zero-order valence-electron chi connectivity index (χ0n) is 26.3. The van der Waals surface area contributed by atoms with Crippen molar-refractivity contribution in [2.24, 2.45) is 0 Å². The first-order valence-corrected chi connectivity index (χ1v) is 19.5. The Balaban J connectivity index is 1.25. The summed E-state index contributed by atoms with van der Waals surface area (Å²) >= 11 is 0. The molecule has 230 valence electrons. The van der Waals surface area contributed by atoms with E-state index in [0.29, 0.717) is 0 Å². The molecule has 6 nitrogen and oxygen atoms in total. The second kappa shape index (κ2) is 14.6. The summed E-state index contributed by atoms with van der Waals surface area (Å²) in [7, 11) is -1.89. The monoisotopic (exact) mass is 578 g/mol. The molecule has 8 atom stereocenters. The molecule has 0 N–H and O–H groups in total. The third-order valence-electron chi connectivity index (χ3n) is 10.1. The lowest BCUT2D eigenvalue weighted by atomic mass is 10.0. The highest BCUT2D eigenvalue weighted by atomic mass is 28.4. The smallest absolute Gasteiger partial charge is 0.331 e. The van der Waals surface area contributed by atoms with Crippen LogP contribution in [0.4, 0.5) is 0 Å². The fourth-order valence-electron chi connectivity index (χ4n) is 6.62. The standard InChI is InChI=1S/C33H58O6Si/c1-7-8-9-10-11-12-13-14-15-31(39-40(5,6)33(2,3)4)30-21-20-27(37-30)26-17-16-24(35-26)25-18-19-28(36-25)29-22-23-32(34)38-29/h22-31H,7-21H2,1-6H3/t24-,25+,26-,27-,28+,29-,30-,31-/m0/s1. The van der Waals surface area contributed by atoms with Gasteiger partial charge in [0.2, 0.25) is 0 Å². The van der Waals surface area contributed by atoms with E-state index in [2.05, 4.69) is 40.8 Å². The molecule has 0 aromatic carbocycles. The van der Waals surface area contributed by atoms with Gasteiger partial charge in [0, 0.05) is 6.08 Å². The lowest BCUT2D eigenvalue weighted by molar-refractivity contribution is -0.148. The van der Waals surface area contributed by atoms with E-state index in [1.807, 2.05) is 6.08 Å². The summed E-state index contributed by atoms with van der Waals surface area (Å²) in [6, 6.07) is 0. The van der Waals surface area contributed by atoms with E-state index in [9.17, 15) is 4.79 Å². The van der Waals surface area contributed by atoms with E-state index in [-0.39, 0.29) is 59.8 Å². The van der Waals surface area contributed by atoms with Crippen molar-refractivity contribution in [1.29, 1.82) is 0 Å². The van der Waals surface area contributed by atoms with Crippen LogP contribution < -0.4 is 0 Å². The molecule has 4 aliphatic heterocycles. The maximum absolute atomic E-state index is 11.5. The van der Waals surface area contributed by atoms with Crippen LogP contribution in [0.2, 0.25) is 18.1 Å². The Morgan fingerprint density at radius 2 is 1.32 bits per heavy atom. The van der Waals surface area contributed by atoms with E-state index in [1.165, 1.54) is 57.4 Å². The van der Waals surface area contributed by atoms with Crippen molar-refractivity contribution in [3.63, 3.8) is 0 Å². The van der Waals surface area contributed by atoms with Crippen molar-refractivity contribution in [2.45, 2.75) is 191 Å². The number of carbonyl (C=O) groups is 1. The number of cyclic esters (lactones) is 1. The van der Waals surface area contributed by atoms with Crippen LogP contribution in [-0.4, -0.2) is 63.1 Å². The van der Waals surface area contributed by atoms with E-state index in [0.717, 1.165) is 44.9 Å². The molecule has 0 aromatic heterocycles. The van der Waals surface area contributed by atoms with E-state index in [4.69, 9.17) is 23.4 Å². The Morgan fingerprint density at radius 1 is 0.800 bits per heavy atom. The molecular weight excluding hydrogens is 520 g/mol. The highest BCUT2D eigenvalue weighted by Crippen LogP contribution is 2.42. The molecule has 3 fully saturated rings. The van der Waals surface area contributed by atoms with Gasteiger partial charge in [-0.05, 0) is 69.2 Å². The molecule has 40 heavy (non-hydrogen) atoms. The van der Waals surface area contributed by atoms with Crippen LogP contribution in [0.15, 0.2) is 12.2 Å². The quantitative estimate of drug-likeness (QED) is 0.111. The maximum atomic E-state index is 11.5. The van der Waals surface area contributed by atoms with Gasteiger partial charge in [-0.3, -0.25) is 0 Å². The Bertz CT molecular complexity index is 822. The maximum Gasteiger partial charge on any atom is 0.331 e. The molecule has 0 saturated carbocycles. The Hall–Kier alpha value is -0.733. The highest BCUT2D eigenvalue weighted by Gasteiger charge is 2.46. The van der Waals surface area contributed by atoms with E-state index in [1.54, 1.807) is 0 Å². The van der Waals surface area contributed by atoms with Crippen LogP contribution >= 0.6 is 0 Å². The van der Waals surface area contributed by atoms with E-state index < -0.39 is 8.32 Å². The van der Waals surface area contributed by atoms with Gasteiger partial charge in [0.15, 0.2) is 8.32 Å². The molecule has 0 amide bonds. The third-order valence-corrected chi connectivity index (χ3v) is 14.6. The minimum Gasteiger partial charge on any atom is -0.452 e. The Kier molecular flexibility index (Phi) is 11.8. The molecule has 4 rings (SSSR count). The lowest BCUT2D eigenvalue weighted by Gasteiger charge is -2.41. The summed E-state index contributed by atoms with van der Waals surface area (Å²) in [6.45, 7) is 14.0. The molecule has 0 aromatic rings. The van der Waals surface area contributed by atoms with Gasteiger partial charge in [-0.2, -0.15) is 0 Å². The lowest BCUT2D eigenvalue weighted by Crippen LogP contribution is -2.47. The predicted molar refractivity (Wildman–Crippen MR) is 162 cm³/mol. The average molecular weight is 579 g/mol. The van der Waals surface area contributed by atoms with Gasteiger partial charge < -0.3 is 23.4 Å². The van der Waals surface area contributed by atoms with Crippen LogP contribution in [0, 0.1) is 0 Å². The summed E-state index contributed by atoms with van der Waals surface area (Å²) in [4.78, 5) is 11.5. The van der Waals surface area contributed by atoms with Crippen molar-refractivity contribution in [2.75, 3.05) is 0 Å². The molecular formula is C33H58O6Si.